The molecule has 8 heteroatoms. The predicted octanol–water partition coefficient (Wildman–Crippen LogP) is 2.22. The molecule has 30 heavy (non-hydrogen) atoms. The number of sulfonamides is 1. The molecule has 0 bridgehead atoms. The summed E-state index contributed by atoms with van der Waals surface area (Å²) in [6, 6.07) is 12.4. The van der Waals surface area contributed by atoms with Crippen LogP contribution >= 0.6 is 0 Å². The summed E-state index contributed by atoms with van der Waals surface area (Å²) in [6.45, 7) is 4.35. The molecule has 0 aromatic heterocycles. The Hall–Kier alpha value is -2.71. The third-order valence-corrected chi connectivity index (χ3v) is 7.46. The van der Waals surface area contributed by atoms with Gasteiger partial charge in [-0.05, 0) is 42.7 Å². The molecule has 0 saturated carbocycles. The molecule has 2 aromatic carbocycles. The number of amides is 2. The minimum atomic E-state index is -3.62. The zero-order chi connectivity index (χ0) is 22.1. The van der Waals surface area contributed by atoms with Gasteiger partial charge in [-0.25, -0.2) is 12.7 Å². The minimum absolute atomic E-state index is 0.0796. The zero-order valence-electron chi connectivity index (χ0n) is 17.7. The molecule has 160 valence electrons. The second kappa shape index (κ2) is 8.57. The lowest BCUT2D eigenvalue weighted by Gasteiger charge is -2.20. The van der Waals surface area contributed by atoms with Gasteiger partial charge in [-0.3, -0.25) is 9.59 Å². The fourth-order valence-electron chi connectivity index (χ4n) is 3.57. The Morgan fingerprint density at radius 3 is 2.53 bits per heavy atom. The number of hydrogen-bond acceptors (Lipinski definition) is 4. The molecule has 0 radical (unpaired) electrons. The van der Waals surface area contributed by atoms with Gasteiger partial charge in [-0.2, -0.15) is 0 Å². The number of benzene rings is 2. The first-order valence-electron chi connectivity index (χ1n) is 9.77. The summed E-state index contributed by atoms with van der Waals surface area (Å²) >= 11 is 0. The monoisotopic (exact) mass is 429 g/mol. The Balaban J connectivity index is 1.72. The first-order chi connectivity index (χ1) is 14.1. The Labute approximate surface area is 177 Å². The maximum Gasteiger partial charge on any atom is 0.242 e. The summed E-state index contributed by atoms with van der Waals surface area (Å²) < 4.78 is 26.2. The third-order valence-electron chi connectivity index (χ3n) is 5.55. The summed E-state index contributed by atoms with van der Waals surface area (Å²) in [4.78, 5) is 27.1. The van der Waals surface area contributed by atoms with Crippen molar-refractivity contribution in [3.05, 3.63) is 59.2 Å². The smallest absolute Gasteiger partial charge is 0.242 e. The van der Waals surface area contributed by atoms with Crippen LogP contribution in [0.4, 0.5) is 5.69 Å². The molecule has 1 N–H and O–H groups in total. The molecule has 3 rings (SSSR count). The van der Waals surface area contributed by atoms with Crippen LogP contribution in [0.5, 0.6) is 0 Å². The van der Waals surface area contributed by atoms with E-state index in [4.69, 9.17) is 0 Å². The SMILES string of the molecule is Cc1cccc(N2CC(C(=O)NCc3ccccc3S(=O)(=O)N(C)C)CC2=O)c1C. The average molecular weight is 430 g/mol. The van der Waals surface area contributed by atoms with E-state index in [2.05, 4.69) is 5.32 Å². The van der Waals surface area contributed by atoms with Crippen LogP contribution in [0.15, 0.2) is 47.4 Å². The highest BCUT2D eigenvalue weighted by Gasteiger charge is 2.35. The van der Waals surface area contributed by atoms with Crippen LogP contribution < -0.4 is 10.2 Å². The number of rotatable bonds is 6. The summed E-state index contributed by atoms with van der Waals surface area (Å²) in [5, 5.41) is 2.81. The van der Waals surface area contributed by atoms with Crippen LogP contribution in [-0.4, -0.2) is 45.2 Å². The highest BCUT2D eigenvalue weighted by atomic mass is 32.2. The quantitative estimate of drug-likeness (QED) is 0.763. The maximum absolute atomic E-state index is 12.7. The van der Waals surface area contributed by atoms with Gasteiger partial charge in [-0.15, -0.1) is 0 Å². The lowest BCUT2D eigenvalue weighted by atomic mass is 10.1. The van der Waals surface area contributed by atoms with Crippen molar-refractivity contribution in [1.82, 2.24) is 9.62 Å². The Morgan fingerprint density at radius 1 is 1.13 bits per heavy atom. The highest BCUT2D eigenvalue weighted by Crippen LogP contribution is 2.29. The lowest BCUT2D eigenvalue weighted by molar-refractivity contribution is -0.126. The minimum Gasteiger partial charge on any atom is -0.352 e. The second-order valence-corrected chi connectivity index (χ2v) is 9.86. The van der Waals surface area contributed by atoms with E-state index in [9.17, 15) is 18.0 Å². The van der Waals surface area contributed by atoms with Crippen molar-refractivity contribution >= 4 is 27.5 Å². The van der Waals surface area contributed by atoms with Crippen LogP contribution in [0.3, 0.4) is 0 Å². The molecular weight excluding hydrogens is 402 g/mol. The van der Waals surface area contributed by atoms with Crippen LogP contribution in [0, 0.1) is 19.8 Å². The number of nitrogens with zero attached hydrogens (tertiary/aromatic N) is 2. The fraction of sp³-hybridized carbons (Fsp3) is 0.364. The van der Waals surface area contributed by atoms with Crippen LogP contribution in [-0.2, 0) is 26.2 Å². The number of hydrogen-bond donors (Lipinski definition) is 1. The van der Waals surface area contributed by atoms with Gasteiger partial charge in [0.2, 0.25) is 21.8 Å². The Morgan fingerprint density at radius 2 is 1.83 bits per heavy atom. The molecule has 2 amide bonds. The number of nitrogens with one attached hydrogen (secondary N) is 1. The molecule has 1 atom stereocenters. The summed E-state index contributed by atoms with van der Waals surface area (Å²) in [5.74, 6) is -0.817. The van der Waals surface area contributed by atoms with Crippen LogP contribution in [0.25, 0.3) is 0 Å². The summed E-state index contributed by atoms with van der Waals surface area (Å²) in [6.07, 6.45) is 0.136. The van der Waals surface area contributed by atoms with E-state index in [1.165, 1.54) is 20.2 Å². The summed E-state index contributed by atoms with van der Waals surface area (Å²) in [7, 11) is -0.679. The van der Waals surface area contributed by atoms with Crippen molar-refractivity contribution in [3.8, 4) is 0 Å². The molecule has 1 saturated heterocycles. The molecule has 0 aliphatic carbocycles. The van der Waals surface area contributed by atoms with E-state index in [1.54, 1.807) is 23.1 Å². The average Bonchev–Trinajstić information content (AvgIpc) is 3.10. The van der Waals surface area contributed by atoms with Crippen molar-refractivity contribution < 1.29 is 18.0 Å². The molecule has 1 unspecified atom stereocenters. The van der Waals surface area contributed by atoms with Gasteiger partial charge in [0.15, 0.2) is 0 Å². The van der Waals surface area contributed by atoms with E-state index in [1.807, 2.05) is 32.0 Å². The largest absolute Gasteiger partial charge is 0.352 e. The standard InChI is InChI=1S/C22H27N3O4S/c1-15-8-7-10-19(16(15)2)25-14-18(12-21(25)26)22(27)23-13-17-9-5-6-11-20(17)30(28,29)24(3)4/h5-11,18H,12-14H2,1-4H3,(H,23,27). The third kappa shape index (κ3) is 4.24. The number of anilines is 1. The molecule has 7 nitrogen and oxygen atoms in total. The van der Waals surface area contributed by atoms with Gasteiger partial charge in [-0.1, -0.05) is 30.3 Å². The molecule has 1 aliphatic heterocycles. The fourth-order valence-corrected chi connectivity index (χ4v) is 4.68. The second-order valence-electron chi connectivity index (χ2n) is 7.74. The normalized spacial score (nSPS) is 16.9. The van der Waals surface area contributed by atoms with E-state index >= 15 is 0 Å². The summed E-state index contributed by atoms with van der Waals surface area (Å²) in [5.41, 5.74) is 3.45. The topological polar surface area (TPSA) is 86.8 Å². The molecule has 1 fully saturated rings. The van der Waals surface area contributed by atoms with Gasteiger partial charge in [0.05, 0.1) is 10.8 Å². The van der Waals surface area contributed by atoms with Crippen LogP contribution in [0.2, 0.25) is 0 Å². The molecule has 1 heterocycles. The Bertz CT molecular complexity index is 1080. The Kier molecular flexibility index (Phi) is 6.28. The molecule has 2 aromatic rings. The van der Waals surface area contributed by atoms with Crippen molar-refractivity contribution in [3.63, 3.8) is 0 Å². The van der Waals surface area contributed by atoms with Gasteiger partial charge < -0.3 is 10.2 Å². The van der Waals surface area contributed by atoms with Crippen molar-refractivity contribution in [1.29, 1.82) is 0 Å². The van der Waals surface area contributed by atoms with Gasteiger partial charge >= 0.3 is 0 Å². The van der Waals surface area contributed by atoms with Crippen molar-refractivity contribution in [2.45, 2.75) is 31.7 Å². The predicted molar refractivity (Wildman–Crippen MR) is 116 cm³/mol. The van der Waals surface area contributed by atoms with E-state index in [0.717, 1.165) is 21.1 Å². The van der Waals surface area contributed by atoms with Crippen molar-refractivity contribution in [2.24, 2.45) is 5.92 Å². The van der Waals surface area contributed by atoms with E-state index in [-0.39, 0.29) is 29.7 Å². The van der Waals surface area contributed by atoms with Crippen LogP contribution in [0.1, 0.15) is 23.1 Å². The zero-order valence-corrected chi connectivity index (χ0v) is 18.5. The first kappa shape index (κ1) is 22.0. The van der Waals surface area contributed by atoms with Gasteiger partial charge in [0, 0.05) is 39.3 Å². The highest BCUT2D eigenvalue weighted by molar-refractivity contribution is 7.89. The van der Waals surface area contributed by atoms with Gasteiger partial charge in [0.1, 0.15) is 0 Å². The first-order valence-corrected chi connectivity index (χ1v) is 11.2. The van der Waals surface area contributed by atoms with E-state index < -0.39 is 15.9 Å². The lowest BCUT2D eigenvalue weighted by Crippen LogP contribution is -2.33. The number of aryl methyl sites for hydroxylation is 1. The number of carbonyl (C=O) groups is 2. The number of carbonyl (C=O) groups excluding carboxylic acids is 2. The van der Waals surface area contributed by atoms with Crippen molar-refractivity contribution in [2.75, 3.05) is 25.5 Å². The van der Waals surface area contributed by atoms with E-state index in [0.29, 0.717) is 12.1 Å². The maximum atomic E-state index is 12.7. The molecular formula is C22H27N3O4S. The molecule has 0 spiro atoms. The van der Waals surface area contributed by atoms with Gasteiger partial charge in [0.25, 0.3) is 0 Å². The molecule has 1 aliphatic rings.